The molecule has 1 aromatic carbocycles. The average Bonchev–Trinajstić information content (AvgIpc) is 3.56. The Labute approximate surface area is 210 Å². The first-order chi connectivity index (χ1) is 17.1. The number of hydrogen-bond donors (Lipinski definition) is 1. The molecule has 188 valence electrons. The number of amides is 1. The largest absolute Gasteiger partial charge is 0.508 e. The summed E-state index contributed by atoms with van der Waals surface area (Å²) in [6.07, 6.45) is 2.05. The number of carbonyl (C=O) groups excluding carboxylic acids is 1. The quantitative estimate of drug-likeness (QED) is 0.445. The molecule has 5 rings (SSSR count). The summed E-state index contributed by atoms with van der Waals surface area (Å²) >= 11 is 0. The second-order valence-corrected chi connectivity index (χ2v) is 10.4. The van der Waals surface area contributed by atoms with Crippen LogP contribution in [0.15, 0.2) is 36.4 Å². The van der Waals surface area contributed by atoms with Gasteiger partial charge in [-0.05, 0) is 80.3 Å². The monoisotopic (exact) mass is 487 g/mol. The molecule has 1 N–H and O–H groups in total. The molecule has 1 unspecified atom stereocenters. The van der Waals surface area contributed by atoms with Gasteiger partial charge in [-0.25, -0.2) is 4.68 Å². The highest BCUT2D eigenvalue weighted by Gasteiger charge is 2.38. The van der Waals surface area contributed by atoms with E-state index < -0.39 is 0 Å². The number of hydrogen-bond acceptors (Lipinski definition) is 6. The number of phenolic OH excluding ortho intramolecular Hbond substituents is 1. The zero-order chi connectivity index (χ0) is 25.6. The lowest BCUT2D eigenvalue weighted by molar-refractivity contribution is -0.130. The molecule has 1 amide bonds. The van der Waals surface area contributed by atoms with Gasteiger partial charge in [0.05, 0.1) is 5.69 Å². The van der Waals surface area contributed by atoms with Gasteiger partial charge in [0.1, 0.15) is 5.75 Å². The first kappa shape index (κ1) is 24.0. The Morgan fingerprint density at radius 3 is 2.69 bits per heavy atom. The van der Waals surface area contributed by atoms with Gasteiger partial charge in [0, 0.05) is 25.2 Å². The number of likely N-dealkylation sites (tertiary alicyclic amines) is 1. The fourth-order valence-electron chi connectivity index (χ4n) is 5.37. The topological polar surface area (TPSA) is 101 Å². The van der Waals surface area contributed by atoms with Crippen LogP contribution in [-0.4, -0.2) is 58.6 Å². The highest BCUT2D eigenvalue weighted by Crippen LogP contribution is 2.38. The number of nitrogens with zero attached hydrogens (tertiary/aromatic N) is 7. The van der Waals surface area contributed by atoms with Crippen LogP contribution < -0.4 is 0 Å². The zero-order valence-electron chi connectivity index (χ0n) is 21.6. The SMILES string of the molecule is Cc1nn(-c2ccc3nnc(C)n3n2)c(C)c1CCC(=O)N1CCC(C(C)(C)c2cccc(O)c2)C1. The highest BCUT2D eigenvalue weighted by atomic mass is 16.3. The van der Waals surface area contributed by atoms with Gasteiger partial charge in [0.2, 0.25) is 5.91 Å². The maximum absolute atomic E-state index is 13.2. The number of benzene rings is 1. The van der Waals surface area contributed by atoms with E-state index >= 15 is 0 Å². The van der Waals surface area contributed by atoms with Crippen molar-refractivity contribution in [1.29, 1.82) is 0 Å². The molecular formula is C27H33N7O2. The summed E-state index contributed by atoms with van der Waals surface area (Å²) in [7, 11) is 0. The van der Waals surface area contributed by atoms with E-state index in [9.17, 15) is 9.90 Å². The summed E-state index contributed by atoms with van der Waals surface area (Å²) in [5.74, 6) is 2.22. The predicted octanol–water partition coefficient (Wildman–Crippen LogP) is 3.70. The fourth-order valence-corrected chi connectivity index (χ4v) is 5.37. The lowest BCUT2D eigenvalue weighted by atomic mass is 9.73. The van der Waals surface area contributed by atoms with Gasteiger partial charge in [0.15, 0.2) is 17.3 Å². The predicted molar refractivity (Wildman–Crippen MR) is 136 cm³/mol. The van der Waals surface area contributed by atoms with Gasteiger partial charge in [0.25, 0.3) is 0 Å². The van der Waals surface area contributed by atoms with E-state index in [1.54, 1.807) is 10.6 Å². The van der Waals surface area contributed by atoms with Crippen molar-refractivity contribution < 1.29 is 9.90 Å². The average molecular weight is 488 g/mol. The number of aromatic nitrogens is 6. The van der Waals surface area contributed by atoms with Gasteiger partial charge >= 0.3 is 0 Å². The van der Waals surface area contributed by atoms with E-state index in [1.165, 1.54) is 0 Å². The van der Waals surface area contributed by atoms with Gasteiger partial charge in [-0.3, -0.25) is 4.79 Å². The Bertz CT molecular complexity index is 1440. The summed E-state index contributed by atoms with van der Waals surface area (Å²) in [6.45, 7) is 11.8. The van der Waals surface area contributed by atoms with Crippen molar-refractivity contribution in [2.75, 3.05) is 13.1 Å². The van der Waals surface area contributed by atoms with Crippen molar-refractivity contribution in [2.24, 2.45) is 5.92 Å². The van der Waals surface area contributed by atoms with Gasteiger partial charge in [-0.2, -0.15) is 9.61 Å². The molecule has 1 atom stereocenters. The summed E-state index contributed by atoms with van der Waals surface area (Å²) in [4.78, 5) is 15.2. The molecule has 0 bridgehead atoms. The molecule has 1 saturated heterocycles. The Kier molecular flexibility index (Phi) is 6.02. The fraction of sp³-hybridized carbons (Fsp3) is 0.444. The van der Waals surface area contributed by atoms with Crippen LogP contribution in [0.4, 0.5) is 0 Å². The van der Waals surface area contributed by atoms with E-state index in [-0.39, 0.29) is 17.1 Å². The molecule has 9 nitrogen and oxygen atoms in total. The minimum atomic E-state index is -0.126. The Balaban J connectivity index is 1.26. The highest BCUT2D eigenvalue weighted by molar-refractivity contribution is 5.77. The molecule has 0 saturated carbocycles. The molecule has 4 heterocycles. The standard InChI is InChI=1S/C27H33N7O2/c1-17-23(18(2)33(30-17)25-11-10-24-29-28-19(3)34(24)31-25)9-12-26(36)32-14-13-21(16-32)27(4,5)20-7-6-8-22(35)15-20/h6-8,10-11,15,21,35H,9,12-14,16H2,1-5H3. The third-order valence-electron chi connectivity index (χ3n) is 7.80. The van der Waals surface area contributed by atoms with Crippen LogP contribution in [0.1, 0.15) is 55.0 Å². The first-order valence-electron chi connectivity index (χ1n) is 12.5. The second kappa shape index (κ2) is 9.04. The van der Waals surface area contributed by atoms with E-state index in [2.05, 4.69) is 35.2 Å². The van der Waals surface area contributed by atoms with Gasteiger partial charge < -0.3 is 10.0 Å². The smallest absolute Gasteiger partial charge is 0.222 e. The van der Waals surface area contributed by atoms with Crippen molar-refractivity contribution in [3.05, 3.63) is 64.7 Å². The Morgan fingerprint density at radius 1 is 1.11 bits per heavy atom. The third kappa shape index (κ3) is 4.23. The lowest BCUT2D eigenvalue weighted by Crippen LogP contribution is -2.34. The Hall–Kier alpha value is -3.75. The number of aromatic hydroxyl groups is 1. The second-order valence-electron chi connectivity index (χ2n) is 10.4. The molecule has 1 fully saturated rings. The Morgan fingerprint density at radius 2 is 1.92 bits per heavy atom. The molecule has 36 heavy (non-hydrogen) atoms. The van der Waals surface area contributed by atoms with Crippen molar-refractivity contribution in [3.63, 3.8) is 0 Å². The summed E-state index contributed by atoms with van der Waals surface area (Å²) < 4.78 is 3.54. The molecule has 0 spiro atoms. The minimum Gasteiger partial charge on any atom is -0.508 e. The van der Waals surface area contributed by atoms with Crippen molar-refractivity contribution in [3.8, 4) is 11.6 Å². The number of aryl methyl sites for hydroxylation is 2. The van der Waals surface area contributed by atoms with Crippen molar-refractivity contribution in [2.45, 2.75) is 59.3 Å². The van der Waals surface area contributed by atoms with Crippen LogP contribution in [0.2, 0.25) is 0 Å². The molecule has 0 radical (unpaired) electrons. The molecule has 0 aliphatic carbocycles. The summed E-state index contributed by atoms with van der Waals surface area (Å²) in [6, 6.07) is 11.2. The molecule has 9 heteroatoms. The van der Waals surface area contributed by atoms with Crippen LogP contribution >= 0.6 is 0 Å². The normalized spacial score (nSPS) is 16.2. The van der Waals surface area contributed by atoms with E-state index in [0.717, 1.165) is 47.8 Å². The first-order valence-corrected chi connectivity index (χ1v) is 12.5. The van der Waals surface area contributed by atoms with Crippen molar-refractivity contribution >= 4 is 11.6 Å². The number of phenols is 1. The number of fused-ring (bicyclic) bond motifs is 1. The lowest BCUT2D eigenvalue weighted by Gasteiger charge is -2.32. The molecule has 4 aromatic rings. The minimum absolute atomic E-state index is 0.126. The van der Waals surface area contributed by atoms with Crippen molar-refractivity contribution in [1.82, 2.24) is 34.5 Å². The zero-order valence-corrected chi connectivity index (χ0v) is 21.6. The van der Waals surface area contributed by atoms with Crippen LogP contribution in [0, 0.1) is 26.7 Å². The van der Waals surface area contributed by atoms with Crippen LogP contribution in [0.25, 0.3) is 11.5 Å². The van der Waals surface area contributed by atoms with Crippen LogP contribution in [-0.2, 0) is 16.6 Å². The van der Waals surface area contributed by atoms with Crippen LogP contribution in [0.5, 0.6) is 5.75 Å². The van der Waals surface area contributed by atoms with E-state index in [0.29, 0.717) is 30.2 Å². The molecule has 1 aliphatic rings. The molecule has 3 aromatic heterocycles. The summed E-state index contributed by atoms with van der Waals surface area (Å²) in [5.41, 5.74) is 4.66. The molecular weight excluding hydrogens is 454 g/mol. The van der Waals surface area contributed by atoms with Gasteiger partial charge in [-0.1, -0.05) is 26.0 Å². The number of carbonyl (C=O) groups is 1. The maximum Gasteiger partial charge on any atom is 0.222 e. The van der Waals surface area contributed by atoms with E-state index in [4.69, 9.17) is 5.10 Å². The van der Waals surface area contributed by atoms with E-state index in [1.807, 2.05) is 54.6 Å². The maximum atomic E-state index is 13.2. The van der Waals surface area contributed by atoms with Gasteiger partial charge in [-0.15, -0.1) is 15.3 Å². The summed E-state index contributed by atoms with van der Waals surface area (Å²) in [5, 5.41) is 27.4. The molecule has 1 aliphatic heterocycles. The van der Waals surface area contributed by atoms with Crippen LogP contribution in [0.3, 0.4) is 0 Å². The third-order valence-corrected chi connectivity index (χ3v) is 7.80. The number of rotatable bonds is 6.